The molecule has 0 aliphatic carbocycles. The van der Waals surface area contributed by atoms with E-state index in [2.05, 4.69) is 9.97 Å². The second kappa shape index (κ2) is 8.39. The van der Waals surface area contributed by atoms with Crippen molar-refractivity contribution in [3.8, 4) is 16.9 Å². The molecule has 0 saturated heterocycles. The maximum Gasteiger partial charge on any atom is 0.260 e. The molecule has 142 valence electrons. The number of rotatable bonds is 6. The van der Waals surface area contributed by atoms with Crippen LogP contribution in [0.15, 0.2) is 63.9 Å². The number of halogens is 1. The van der Waals surface area contributed by atoms with Crippen LogP contribution in [-0.4, -0.2) is 22.3 Å². The number of thiophene rings is 1. The lowest BCUT2D eigenvalue weighted by Gasteiger charge is -2.06. The first-order chi connectivity index (χ1) is 13.6. The first-order valence-electron chi connectivity index (χ1n) is 8.70. The minimum Gasteiger partial charge on any atom is -0.493 e. The van der Waals surface area contributed by atoms with Crippen molar-refractivity contribution in [2.24, 2.45) is 0 Å². The second-order valence-electron chi connectivity index (χ2n) is 6.22. The summed E-state index contributed by atoms with van der Waals surface area (Å²) in [6.45, 7) is 2.55. The molecule has 0 saturated carbocycles. The summed E-state index contributed by atoms with van der Waals surface area (Å²) in [5.74, 6) is 1.44. The Kier molecular flexibility index (Phi) is 5.71. The number of aromatic nitrogens is 2. The number of nitrogens with one attached hydrogen (secondary N) is 1. The van der Waals surface area contributed by atoms with Gasteiger partial charge in [0.25, 0.3) is 5.56 Å². The highest BCUT2D eigenvalue weighted by molar-refractivity contribution is 7.99. The molecule has 28 heavy (non-hydrogen) atoms. The van der Waals surface area contributed by atoms with Crippen molar-refractivity contribution in [3.63, 3.8) is 0 Å². The third kappa shape index (κ3) is 4.24. The van der Waals surface area contributed by atoms with E-state index >= 15 is 0 Å². The van der Waals surface area contributed by atoms with Crippen LogP contribution in [0.4, 0.5) is 0 Å². The number of thioether (sulfide) groups is 1. The van der Waals surface area contributed by atoms with Crippen molar-refractivity contribution in [2.75, 3.05) is 12.4 Å². The number of aromatic amines is 1. The molecule has 0 atom stereocenters. The molecule has 4 rings (SSSR count). The summed E-state index contributed by atoms with van der Waals surface area (Å²) >= 11 is 8.82. The lowest BCUT2D eigenvalue weighted by molar-refractivity contribution is 0.344. The first kappa shape index (κ1) is 19.1. The highest BCUT2D eigenvalue weighted by Gasteiger charge is 2.13. The third-order valence-electron chi connectivity index (χ3n) is 4.19. The van der Waals surface area contributed by atoms with Gasteiger partial charge < -0.3 is 9.72 Å². The van der Waals surface area contributed by atoms with Crippen LogP contribution < -0.4 is 10.3 Å². The maximum absolute atomic E-state index is 12.7. The van der Waals surface area contributed by atoms with E-state index in [1.807, 2.05) is 48.7 Å². The Hall–Kier alpha value is -2.28. The van der Waals surface area contributed by atoms with Gasteiger partial charge in [-0.1, -0.05) is 53.2 Å². The lowest BCUT2D eigenvalue weighted by atomic mass is 10.1. The molecule has 0 spiro atoms. The molecule has 0 amide bonds. The summed E-state index contributed by atoms with van der Waals surface area (Å²) in [6, 6.07) is 15.4. The highest BCUT2D eigenvalue weighted by Crippen LogP contribution is 2.31. The topological polar surface area (TPSA) is 55.0 Å². The summed E-state index contributed by atoms with van der Waals surface area (Å²) in [5.41, 5.74) is 3.04. The van der Waals surface area contributed by atoms with Crippen LogP contribution in [0.25, 0.3) is 21.3 Å². The van der Waals surface area contributed by atoms with Crippen LogP contribution in [0.5, 0.6) is 5.75 Å². The van der Waals surface area contributed by atoms with E-state index < -0.39 is 0 Å². The van der Waals surface area contributed by atoms with Crippen molar-refractivity contribution >= 4 is 44.9 Å². The van der Waals surface area contributed by atoms with Crippen molar-refractivity contribution in [1.29, 1.82) is 0 Å². The SMILES string of the molecule is Cc1ccc(-c2csc3nc(SCCOc4ccc(Cl)cc4)[nH]c(=O)c23)cc1. The molecule has 1 N–H and O–H groups in total. The monoisotopic (exact) mass is 428 g/mol. The van der Waals surface area contributed by atoms with Crippen LogP contribution in [0.3, 0.4) is 0 Å². The fourth-order valence-corrected chi connectivity index (χ4v) is 4.58. The van der Waals surface area contributed by atoms with E-state index in [-0.39, 0.29) is 5.56 Å². The fourth-order valence-electron chi connectivity index (χ4n) is 2.77. The number of H-pyrrole nitrogens is 1. The van der Waals surface area contributed by atoms with Crippen LogP contribution in [0, 0.1) is 6.92 Å². The predicted molar refractivity (Wildman–Crippen MR) is 118 cm³/mol. The number of benzene rings is 2. The molecule has 4 nitrogen and oxygen atoms in total. The number of fused-ring (bicyclic) bond motifs is 1. The van der Waals surface area contributed by atoms with Crippen molar-refractivity contribution < 1.29 is 4.74 Å². The van der Waals surface area contributed by atoms with Crippen molar-refractivity contribution in [3.05, 3.63) is 74.9 Å². The van der Waals surface area contributed by atoms with E-state index in [0.29, 0.717) is 27.9 Å². The lowest BCUT2D eigenvalue weighted by Crippen LogP contribution is -2.09. The minimum atomic E-state index is -0.108. The van der Waals surface area contributed by atoms with Gasteiger partial charge in [0, 0.05) is 21.7 Å². The average Bonchev–Trinajstić information content (AvgIpc) is 3.12. The van der Waals surface area contributed by atoms with E-state index in [0.717, 1.165) is 21.7 Å². The normalized spacial score (nSPS) is 11.1. The number of hydrogen-bond acceptors (Lipinski definition) is 5. The fraction of sp³-hybridized carbons (Fsp3) is 0.143. The Balaban J connectivity index is 1.46. The Morgan fingerprint density at radius 1 is 1.14 bits per heavy atom. The molecule has 2 heterocycles. The van der Waals surface area contributed by atoms with Crippen LogP contribution in [0.1, 0.15) is 5.56 Å². The molecular formula is C21H17ClN2O2S2. The number of nitrogens with zero attached hydrogens (tertiary/aromatic N) is 1. The maximum atomic E-state index is 12.7. The molecule has 2 aromatic heterocycles. The van der Waals surface area contributed by atoms with Gasteiger partial charge in [0.2, 0.25) is 0 Å². The Bertz CT molecular complexity index is 1150. The highest BCUT2D eigenvalue weighted by atomic mass is 35.5. The number of aryl methyl sites for hydroxylation is 1. The van der Waals surface area contributed by atoms with Crippen LogP contribution in [0.2, 0.25) is 5.02 Å². The van der Waals surface area contributed by atoms with Crippen LogP contribution in [-0.2, 0) is 0 Å². The molecular weight excluding hydrogens is 412 g/mol. The molecule has 0 aliphatic heterocycles. The van der Waals surface area contributed by atoms with Gasteiger partial charge in [-0.05, 0) is 36.8 Å². The summed E-state index contributed by atoms with van der Waals surface area (Å²) < 4.78 is 5.68. The van der Waals surface area contributed by atoms with Gasteiger partial charge in [-0.2, -0.15) is 0 Å². The summed E-state index contributed by atoms with van der Waals surface area (Å²) in [6.07, 6.45) is 0. The second-order valence-corrected chi connectivity index (χ2v) is 8.60. The van der Waals surface area contributed by atoms with Crippen molar-refractivity contribution in [2.45, 2.75) is 12.1 Å². The average molecular weight is 429 g/mol. The zero-order valence-corrected chi connectivity index (χ0v) is 17.5. The Labute approximate surface area is 175 Å². The smallest absolute Gasteiger partial charge is 0.260 e. The van der Waals surface area contributed by atoms with Gasteiger partial charge in [0.15, 0.2) is 5.16 Å². The molecule has 0 bridgehead atoms. The summed E-state index contributed by atoms with van der Waals surface area (Å²) in [7, 11) is 0. The van der Waals surface area contributed by atoms with E-state index in [1.54, 1.807) is 12.1 Å². The minimum absolute atomic E-state index is 0.108. The van der Waals surface area contributed by atoms with Gasteiger partial charge in [0.05, 0.1) is 12.0 Å². The standard InChI is InChI=1S/C21H17ClN2O2S2/c1-13-2-4-14(5-3-13)17-12-28-20-18(17)19(25)23-21(24-20)27-11-10-26-16-8-6-15(22)7-9-16/h2-9,12H,10-11H2,1H3,(H,23,24,25). The molecule has 7 heteroatoms. The zero-order valence-electron chi connectivity index (χ0n) is 15.1. The Morgan fingerprint density at radius 3 is 2.64 bits per heavy atom. The number of ether oxygens (including phenoxy) is 1. The zero-order chi connectivity index (χ0) is 19.5. The van der Waals surface area contributed by atoms with Gasteiger partial charge in [-0.25, -0.2) is 4.98 Å². The first-order valence-corrected chi connectivity index (χ1v) is 10.9. The molecule has 0 unspecified atom stereocenters. The quantitative estimate of drug-likeness (QED) is 0.240. The summed E-state index contributed by atoms with van der Waals surface area (Å²) in [5, 5.41) is 3.93. The molecule has 2 aromatic carbocycles. The van der Waals surface area contributed by atoms with E-state index in [1.165, 1.54) is 28.7 Å². The van der Waals surface area contributed by atoms with E-state index in [4.69, 9.17) is 16.3 Å². The van der Waals surface area contributed by atoms with Gasteiger partial charge in [-0.15, -0.1) is 11.3 Å². The van der Waals surface area contributed by atoms with Crippen LogP contribution >= 0.6 is 34.7 Å². The van der Waals surface area contributed by atoms with Gasteiger partial charge in [0.1, 0.15) is 10.6 Å². The molecule has 4 aromatic rings. The molecule has 0 fully saturated rings. The van der Waals surface area contributed by atoms with Gasteiger partial charge >= 0.3 is 0 Å². The van der Waals surface area contributed by atoms with Gasteiger partial charge in [-0.3, -0.25) is 4.79 Å². The largest absolute Gasteiger partial charge is 0.493 e. The third-order valence-corrected chi connectivity index (χ3v) is 6.15. The van der Waals surface area contributed by atoms with E-state index in [9.17, 15) is 4.79 Å². The Morgan fingerprint density at radius 2 is 1.89 bits per heavy atom. The molecule has 0 radical (unpaired) electrons. The molecule has 0 aliphatic rings. The number of hydrogen-bond donors (Lipinski definition) is 1. The predicted octanol–water partition coefficient (Wildman–Crippen LogP) is 5.78. The summed E-state index contributed by atoms with van der Waals surface area (Å²) in [4.78, 5) is 20.9. The van der Waals surface area contributed by atoms with Crippen molar-refractivity contribution in [1.82, 2.24) is 9.97 Å².